The number of anilines is 1. The van der Waals surface area contributed by atoms with E-state index in [4.69, 9.17) is 49.0 Å². The number of carbonyl (C=O) groups is 3. The maximum atomic E-state index is 12.6. The molecule has 0 spiro atoms. The standard InChI is InChI=1S/C23H18Cl3NO6S/c1-2-31-23(30)21-14(13-6-4-3-5-7-13)12-34-22(21)27-19(28)10-33-20(29)11-32-18-9-16(25)15(24)8-17(18)26/h3-9,12H,2,10-11H2,1H3,(H,27,28). The van der Waals surface area contributed by atoms with E-state index in [2.05, 4.69) is 5.32 Å². The van der Waals surface area contributed by atoms with E-state index in [9.17, 15) is 14.4 Å². The van der Waals surface area contributed by atoms with Gasteiger partial charge in [0.25, 0.3) is 5.91 Å². The zero-order valence-corrected chi connectivity index (χ0v) is 20.8. The minimum Gasteiger partial charge on any atom is -0.480 e. The van der Waals surface area contributed by atoms with E-state index < -0.39 is 31.1 Å². The number of hydrogen-bond acceptors (Lipinski definition) is 7. The average Bonchev–Trinajstić information content (AvgIpc) is 3.23. The summed E-state index contributed by atoms with van der Waals surface area (Å²) in [6.07, 6.45) is 0. The van der Waals surface area contributed by atoms with E-state index in [1.165, 1.54) is 12.1 Å². The number of nitrogens with one attached hydrogen (secondary N) is 1. The molecule has 0 aliphatic heterocycles. The van der Waals surface area contributed by atoms with Gasteiger partial charge in [-0.05, 0) is 18.6 Å². The van der Waals surface area contributed by atoms with Crippen molar-refractivity contribution >= 4 is 69.0 Å². The molecule has 7 nitrogen and oxygen atoms in total. The molecule has 11 heteroatoms. The number of carbonyl (C=O) groups excluding carboxylic acids is 3. The number of ether oxygens (including phenoxy) is 3. The molecule has 1 aromatic heterocycles. The molecule has 1 heterocycles. The second-order valence-corrected chi connectivity index (χ2v) is 8.74. The van der Waals surface area contributed by atoms with Crippen LogP contribution >= 0.6 is 46.1 Å². The second-order valence-electron chi connectivity index (χ2n) is 6.63. The first-order valence-corrected chi connectivity index (χ1v) is 11.9. The molecule has 3 aromatic rings. The summed E-state index contributed by atoms with van der Waals surface area (Å²) in [5.41, 5.74) is 1.66. The van der Waals surface area contributed by atoms with Gasteiger partial charge >= 0.3 is 11.9 Å². The Morgan fingerprint density at radius 3 is 2.35 bits per heavy atom. The van der Waals surface area contributed by atoms with Crippen molar-refractivity contribution in [3.63, 3.8) is 0 Å². The van der Waals surface area contributed by atoms with Crippen molar-refractivity contribution in [3.05, 3.63) is 68.5 Å². The summed E-state index contributed by atoms with van der Waals surface area (Å²) >= 11 is 18.9. The third kappa shape index (κ3) is 6.64. The number of amides is 1. The Bertz CT molecular complexity index is 1200. The highest BCUT2D eigenvalue weighted by atomic mass is 35.5. The fourth-order valence-electron chi connectivity index (χ4n) is 2.79. The molecule has 0 atom stereocenters. The molecular weight excluding hydrogens is 525 g/mol. The van der Waals surface area contributed by atoms with Gasteiger partial charge in [-0.1, -0.05) is 65.1 Å². The van der Waals surface area contributed by atoms with E-state index in [1.807, 2.05) is 30.3 Å². The van der Waals surface area contributed by atoms with Gasteiger partial charge in [-0.15, -0.1) is 11.3 Å². The lowest BCUT2D eigenvalue weighted by Gasteiger charge is -2.10. The van der Waals surface area contributed by atoms with Crippen molar-refractivity contribution in [2.45, 2.75) is 6.92 Å². The highest BCUT2D eigenvalue weighted by Crippen LogP contribution is 2.36. The third-order valence-electron chi connectivity index (χ3n) is 4.29. The van der Waals surface area contributed by atoms with Gasteiger partial charge in [-0.2, -0.15) is 0 Å². The van der Waals surface area contributed by atoms with Gasteiger partial charge in [0.05, 0.1) is 21.7 Å². The first kappa shape index (κ1) is 25.8. The third-order valence-corrected chi connectivity index (χ3v) is 6.21. The van der Waals surface area contributed by atoms with Crippen LogP contribution in [-0.4, -0.2) is 37.7 Å². The van der Waals surface area contributed by atoms with Gasteiger partial charge in [-0.25, -0.2) is 9.59 Å². The Morgan fingerprint density at radius 1 is 0.941 bits per heavy atom. The molecule has 0 fully saturated rings. The highest BCUT2D eigenvalue weighted by molar-refractivity contribution is 7.15. The minimum absolute atomic E-state index is 0.142. The molecule has 0 saturated heterocycles. The monoisotopic (exact) mass is 541 g/mol. The zero-order valence-electron chi connectivity index (χ0n) is 17.7. The van der Waals surface area contributed by atoms with Gasteiger partial charge < -0.3 is 19.5 Å². The number of hydrogen-bond donors (Lipinski definition) is 1. The Kier molecular flexibility index (Phi) is 9.18. The Morgan fingerprint density at radius 2 is 1.65 bits per heavy atom. The number of esters is 2. The molecule has 3 rings (SSSR count). The summed E-state index contributed by atoms with van der Waals surface area (Å²) in [6, 6.07) is 12.0. The summed E-state index contributed by atoms with van der Waals surface area (Å²) in [5.74, 6) is -1.86. The van der Waals surface area contributed by atoms with Gasteiger partial charge in [-0.3, -0.25) is 4.79 Å². The van der Waals surface area contributed by atoms with Gasteiger partial charge in [0.2, 0.25) is 0 Å². The van der Waals surface area contributed by atoms with E-state index in [0.29, 0.717) is 5.56 Å². The van der Waals surface area contributed by atoms with Crippen LogP contribution in [0.25, 0.3) is 11.1 Å². The molecule has 2 aromatic carbocycles. The van der Waals surface area contributed by atoms with Crippen LogP contribution in [0.2, 0.25) is 15.1 Å². The normalized spacial score (nSPS) is 10.5. The number of rotatable bonds is 9. The van der Waals surface area contributed by atoms with Crippen LogP contribution < -0.4 is 10.1 Å². The van der Waals surface area contributed by atoms with Crippen molar-refractivity contribution < 1.29 is 28.6 Å². The smallest absolute Gasteiger partial charge is 0.344 e. The first-order valence-electron chi connectivity index (χ1n) is 9.87. The molecule has 0 bridgehead atoms. The summed E-state index contributed by atoms with van der Waals surface area (Å²) in [6.45, 7) is 0.780. The van der Waals surface area contributed by atoms with E-state index in [0.717, 1.165) is 16.9 Å². The second kappa shape index (κ2) is 12.1. The molecule has 0 unspecified atom stereocenters. The topological polar surface area (TPSA) is 90.9 Å². The predicted octanol–water partition coefficient (Wildman–Crippen LogP) is 6.11. The molecule has 0 aliphatic rings. The van der Waals surface area contributed by atoms with E-state index in [1.54, 1.807) is 12.3 Å². The van der Waals surface area contributed by atoms with Crippen LogP contribution in [0, 0.1) is 0 Å². The lowest BCUT2D eigenvalue weighted by molar-refractivity contribution is -0.149. The summed E-state index contributed by atoms with van der Waals surface area (Å²) in [7, 11) is 0. The molecule has 34 heavy (non-hydrogen) atoms. The lowest BCUT2D eigenvalue weighted by atomic mass is 10.0. The zero-order chi connectivity index (χ0) is 24.7. The molecule has 0 radical (unpaired) electrons. The quantitative estimate of drug-likeness (QED) is 0.259. The summed E-state index contributed by atoms with van der Waals surface area (Å²) < 4.78 is 15.4. The lowest BCUT2D eigenvalue weighted by Crippen LogP contribution is -2.24. The SMILES string of the molecule is CCOC(=O)c1c(-c2ccccc2)csc1NC(=O)COC(=O)COc1cc(Cl)c(Cl)cc1Cl. The number of thiophene rings is 1. The first-order chi connectivity index (χ1) is 16.3. The summed E-state index contributed by atoms with van der Waals surface area (Å²) in [4.78, 5) is 36.9. The van der Waals surface area contributed by atoms with E-state index in [-0.39, 0.29) is 38.0 Å². The maximum absolute atomic E-state index is 12.6. The number of benzene rings is 2. The highest BCUT2D eigenvalue weighted by Gasteiger charge is 2.23. The Balaban J connectivity index is 1.61. The van der Waals surface area contributed by atoms with Crippen LogP contribution in [0.3, 0.4) is 0 Å². The van der Waals surface area contributed by atoms with Crippen molar-refractivity contribution in [2.24, 2.45) is 0 Å². The fraction of sp³-hybridized carbons (Fsp3) is 0.174. The van der Waals surface area contributed by atoms with Gasteiger partial charge in [0.1, 0.15) is 16.3 Å². The fourth-order valence-corrected chi connectivity index (χ4v) is 4.35. The van der Waals surface area contributed by atoms with Crippen LogP contribution in [0.5, 0.6) is 5.75 Å². The van der Waals surface area contributed by atoms with E-state index >= 15 is 0 Å². The summed E-state index contributed by atoms with van der Waals surface area (Å²) in [5, 5.41) is 5.25. The largest absolute Gasteiger partial charge is 0.480 e. The van der Waals surface area contributed by atoms with Crippen LogP contribution in [0.1, 0.15) is 17.3 Å². The number of halogens is 3. The molecular formula is C23H18Cl3NO6S. The van der Waals surface area contributed by atoms with Crippen LogP contribution in [0.4, 0.5) is 5.00 Å². The predicted molar refractivity (Wildman–Crippen MR) is 132 cm³/mol. The Hall–Kier alpha value is -2.78. The van der Waals surface area contributed by atoms with Gasteiger partial charge in [0, 0.05) is 17.0 Å². The molecule has 1 N–H and O–H groups in total. The molecule has 0 aliphatic carbocycles. The maximum Gasteiger partial charge on any atom is 0.344 e. The molecule has 178 valence electrons. The molecule has 1 amide bonds. The van der Waals surface area contributed by atoms with Crippen LogP contribution in [0.15, 0.2) is 47.8 Å². The van der Waals surface area contributed by atoms with Crippen molar-refractivity contribution in [1.29, 1.82) is 0 Å². The molecule has 0 saturated carbocycles. The van der Waals surface area contributed by atoms with Gasteiger partial charge in [0.15, 0.2) is 13.2 Å². The minimum atomic E-state index is -0.806. The van der Waals surface area contributed by atoms with Crippen molar-refractivity contribution in [2.75, 3.05) is 25.1 Å². The van der Waals surface area contributed by atoms with Crippen molar-refractivity contribution in [3.8, 4) is 16.9 Å². The van der Waals surface area contributed by atoms with Crippen molar-refractivity contribution in [1.82, 2.24) is 0 Å². The average molecular weight is 543 g/mol. The Labute approximate surface area is 214 Å². The van der Waals surface area contributed by atoms with Crippen LogP contribution in [-0.2, 0) is 19.1 Å².